The lowest BCUT2D eigenvalue weighted by Crippen LogP contribution is -2.10. The first kappa shape index (κ1) is 32.6. The minimum atomic E-state index is -0.396. The molecule has 6 rings (SSSR count). The van der Waals surface area contributed by atoms with Gasteiger partial charge < -0.3 is 4.90 Å². The summed E-state index contributed by atoms with van der Waals surface area (Å²) in [6.45, 7) is 8.21. The molecular formula is C43H40N2O2. The summed E-state index contributed by atoms with van der Waals surface area (Å²) in [7, 11) is 0. The van der Waals surface area contributed by atoms with Crippen molar-refractivity contribution < 1.29 is 4.92 Å². The van der Waals surface area contributed by atoms with Crippen LogP contribution in [0.4, 0.5) is 22.7 Å². The Hall–Kier alpha value is -5.74. The van der Waals surface area contributed by atoms with Crippen molar-refractivity contribution in [2.24, 2.45) is 0 Å². The van der Waals surface area contributed by atoms with Crippen LogP contribution in [0.5, 0.6) is 0 Å². The van der Waals surface area contributed by atoms with E-state index in [9.17, 15) is 10.1 Å². The molecule has 6 aromatic carbocycles. The van der Waals surface area contributed by atoms with E-state index in [-0.39, 0.29) is 5.69 Å². The number of nitro benzene ring substituents is 1. The summed E-state index contributed by atoms with van der Waals surface area (Å²) < 4.78 is 0. The second-order valence-corrected chi connectivity index (χ2v) is 11.5. The Morgan fingerprint density at radius 1 is 0.660 bits per heavy atom. The predicted molar refractivity (Wildman–Crippen MR) is 200 cm³/mol. The van der Waals surface area contributed by atoms with E-state index in [0.29, 0.717) is 0 Å². The van der Waals surface area contributed by atoms with Crippen LogP contribution in [0.2, 0.25) is 0 Å². The number of non-ortho nitro benzene ring substituents is 1. The molecule has 47 heavy (non-hydrogen) atoms. The van der Waals surface area contributed by atoms with Gasteiger partial charge in [0, 0.05) is 29.2 Å². The molecule has 0 aliphatic carbocycles. The van der Waals surface area contributed by atoms with E-state index >= 15 is 0 Å². The summed E-state index contributed by atoms with van der Waals surface area (Å²) in [5.41, 5.74) is 10.7. The smallest absolute Gasteiger partial charge is 0.269 e. The SMILES string of the molecule is C/C=C\C(=C/CC)c1cccc(N(c2ccc(-c3ccc(C)cc3)cc2)c2ccc3ccccc3c2)c1.Cc1cccc([N+](=O)[O-])c1. The fourth-order valence-electron chi connectivity index (χ4n) is 5.56. The van der Waals surface area contributed by atoms with Crippen molar-refractivity contribution in [3.8, 4) is 11.1 Å². The maximum absolute atomic E-state index is 10.2. The van der Waals surface area contributed by atoms with Crippen molar-refractivity contribution in [2.75, 3.05) is 4.90 Å². The minimum absolute atomic E-state index is 0.153. The third-order valence-corrected chi connectivity index (χ3v) is 7.92. The first-order chi connectivity index (χ1) is 22.9. The Bertz CT molecular complexity index is 2020. The van der Waals surface area contributed by atoms with Crippen LogP contribution in [0.1, 0.15) is 37.0 Å². The molecular weight excluding hydrogens is 576 g/mol. The Balaban J connectivity index is 0.000000371. The highest BCUT2D eigenvalue weighted by atomic mass is 16.6. The van der Waals surface area contributed by atoms with Crippen LogP contribution in [0, 0.1) is 24.0 Å². The van der Waals surface area contributed by atoms with Crippen LogP contribution in [0.3, 0.4) is 0 Å². The number of nitrogens with zero attached hydrogens (tertiary/aromatic N) is 2. The molecule has 0 saturated carbocycles. The molecule has 0 spiro atoms. The van der Waals surface area contributed by atoms with Gasteiger partial charge in [0.25, 0.3) is 5.69 Å². The van der Waals surface area contributed by atoms with E-state index in [1.165, 1.54) is 44.7 Å². The van der Waals surface area contributed by atoms with Gasteiger partial charge in [-0.1, -0.05) is 122 Å². The van der Waals surface area contributed by atoms with E-state index in [4.69, 9.17) is 0 Å². The summed E-state index contributed by atoms with van der Waals surface area (Å²) in [5.74, 6) is 0. The highest BCUT2D eigenvalue weighted by molar-refractivity contribution is 5.90. The number of nitro groups is 1. The number of hydrogen-bond donors (Lipinski definition) is 0. The Morgan fingerprint density at radius 3 is 1.94 bits per heavy atom. The molecule has 0 radical (unpaired) electrons. The molecule has 6 aromatic rings. The van der Waals surface area contributed by atoms with E-state index in [1.807, 2.05) is 13.0 Å². The highest BCUT2D eigenvalue weighted by Gasteiger charge is 2.14. The Morgan fingerprint density at radius 2 is 1.30 bits per heavy atom. The number of allylic oxidation sites excluding steroid dienone is 4. The zero-order chi connectivity index (χ0) is 33.2. The number of benzene rings is 6. The molecule has 0 aliphatic heterocycles. The van der Waals surface area contributed by atoms with Crippen LogP contribution >= 0.6 is 0 Å². The summed E-state index contributed by atoms with van der Waals surface area (Å²) in [6, 6.07) is 48.3. The molecule has 0 unspecified atom stereocenters. The lowest BCUT2D eigenvalue weighted by molar-refractivity contribution is -0.384. The van der Waals surface area contributed by atoms with Gasteiger partial charge in [-0.25, -0.2) is 0 Å². The number of hydrogen-bond acceptors (Lipinski definition) is 3. The second-order valence-electron chi connectivity index (χ2n) is 11.5. The van der Waals surface area contributed by atoms with Gasteiger partial charge in [-0.15, -0.1) is 0 Å². The number of aryl methyl sites for hydroxylation is 2. The Kier molecular flexibility index (Phi) is 10.8. The van der Waals surface area contributed by atoms with Crippen LogP contribution in [0.25, 0.3) is 27.5 Å². The number of rotatable bonds is 8. The molecule has 4 heteroatoms. The van der Waals surface area contributed by atoms with Gasteiger partial charge >= 0.3 is 0 Å². The van der Waals surface area contributed by atoms with Crippen LogP contribution in [0.15, 0.2) is 158 Å². The molecule has 0 aromatic heterocycles. The van der Waals surface area contributed by atoms with Gasteiger partial charge in [-0.3, -0.25) is 10.1 Å². The minimum Gasteiger partial charge on any atom is -0.310 e. The Labute approximate surface area is 278 Å². The van der Waals surface area contributed by atoms with Crippen molar-refractivity contribution >= 4 is 39.1 Å². The molecule has 4 nitrogen and oxygen atoms in total. The van der Waals surface area contributed by atoms with E-state index in [1.54, 1.807) is 12.1 Å². The largest absolute Gasteiger partial charge is 0.310 e. The third-order valence-electron chi connectivity index (χ3n) is 7.92. The van der Waals surface area contributed by atoms with Crippen molar-refractivity contribution in [3.63, 3.8) is 0 Å². The average molecular weight is 617 g/mol. The van der Waals surface area contributed by atoms with E-state index < -0.39 is 4.92 Å². The van der Waals surface area contributed by atoms with Crippen LogP contribution in [-0.2, 0) is 0 Å². The molecule has 0 amide bonds. The fraction of sp³-hybridized carbons (Fsp3) is 0.116. The second kappa shape index (κ2) is 15.5. The average Bonchev–Trinajstić information content (AvgIpc) is 3.09. The maximum atomic E-state index is 10.2. The molecule has 0 N–H and O–H groups in total. The van der Waals surface area contributed by atoms with Gasteiger partial charge in [-0.2, -0.15) is 0 Å². The molecule has 0 bridgehead atoms. The highest BCUT2D eigenvalue weighted by Crippen LogP contribution is 2.38. The number of fused-ring (bicyclic) bond motifs is 1. The standard InChI is InChI=1S/C36H33N.C7H7NO2/c1-4-9-28(10-5-2)33-13-8-14-35(25-33)37(36-24-21-29-11-6-7-12-32(29)26-36)34-22-19-31(20-23-34)30-17-15-27(3)16-18-30;1-6-3-2-4-7(5-6)8(9)10/h4,6-26H,5H2,1-3H3;2-5H,1H3/b9-4-,28-10+;. The zero-order valence-corrected chi connectivity index (χ0v) is 27.4. The van der Waals surface area contributed by atoms with Gasteiger partial charge in [0.05, 0.1) is 4.92 Å². The number of anilines is 3. The topological polar surface area (TPSA) is 46.4 Å². The van der Waals surface area contributed by atoms with Gasteiger partial charge in [-0.05, 0) is 102 Å². The summed E-state index contributed by atoms with van der Waals surface area (Å²) >= 11 is 0. The van der Waals surface area contributed by atoms with Crippen molar-refractivity contribution in [1.82, 2.24) is 0 Å². The normalized spacial score (nSPS) is 11.3. The third kappa shape index (κ3) is 8.30. The predicted octanol–water partition coefficient (Wildman–Crippen LogP) is 12.6. The monoisotopic (exact) mass is 616 g/mol. The molecule has 234 valence electrons. The molecule has 0 heterocycles. The van der Waals surface area contributed by atoms with Gasteiger partial charge in [0.1, 0.15) is 0 Å². The van der Waals surface area contributed by atoms with Crippen LogP contribution in [-0.4, -0.2) is 4.92 Å². The molecule has 0 aliphatic rings. The van der Waals surface area contributed by atoms with Crippen molar-refractivity contribution in [2.45, 2.75) is 34.1 Å². The molecule has 0 atom stereocenters. The first-order valence-corrected chi connectivity index (χ1v) is 16.0. The van der Waals surface area contributed by atoms with Crippen LogP contribution < -0.4 is 4.90 Å². The summed E-state index contributed by atoms with van der Waals surface area (Å²) in [5, 5.41) is 12.6. The van der Waals surface area contributed by atoms with Gasteiger partial charge in [0.2, 0.25) is 0 Å². The molecule has 0 fully saturated rings. The quantitative estimate of drug-likeness (QED) is 0.0971. The van der Waals surface area contributed by atoms with E-state index in [2.05, 4.69) is 159 Å². The van der Waals surface area contributed by atoms with Gasteiger partial charge in [0.15, 0.2) is 0 Å². The van der Waals surface area contributed by atoms with Crippen molar-refractivity contribution in [1.29, 1.82) is 0 Å². The maximum Gasteiger partial charge on any atom is 0.269 e. The molecule has 0 saturated heterocycles. The van der Waals surface area contributed by atoms with Crippen molar-refractivity contribution in [3.05, 3.63) is 185 Å². The first-order valence-electron chi connectivity index (χ1n) is 16.0. The lowest BCUT2D eigenvalue weighted by atomic mass is 10.0. The summed E-state index contributed by atoms with van der Waals surface area (Å²) in [6.07, 6.45) is 7.59. The summed E-state index contributed by atoms with van der Waals surface area (Å²) in [4.78, 5) is 12.1. The zero-order valence-electron chi connectivity index (χ0n) is 27.4. The fourth-order valence-corrected chi connectivity index (χ4v) is 5.56. The van der Waals surface area contributed by atoms with E-state index in [0.717, 1.165) is 29.0 Å². The lowest BCUT2D eigenvalue weighted by Gasteiger charge is -2.26.